The number of ether oxygens (including phenoxy) is 1. The van der Waals surface area contributed by atoms with E-state index in [4.69, 9.17) is 4.74 Å². The van der Waals surface area contributed by atoms with Gasteiger partial charge in [-0.2, -0.15) is 0 Å². The van der Waals surface area contributed by atoms with E-state index in [1.165, 1.54) is 49.2 Å². The summed E-state index contributed by atoms with van der Waals surface area (Å²) in [5.74, 6) is -0.000864. The van der Waals surface area contributed by atoms with E-state index in [0.717, 1.165) is 18.7 Å². The molecule has 0 spiro atoms. The second-order valence-electron chi connectivity index (χ2n) is 6.90. The Morgan fingerprint density at radius 1 is 1.07 bits per heavy atom. The monoisotopic (exact) mass is 370 g/mol. The Morgan fingerprint density at radius 2 is 1.74 bits per heavy atom. The predicted octanol–water partition coefficient (Wildman–Crippen LogP) is 4.29. The van der Waals surface area contributed by atoms with Crippen LogP contribution in [-0.2, 0) is 11.3 Å². The van der Waals surface area contributed by atoms with Crippen molar-refractivity contribution in [1.82, 2.24) is 5.32 Å². The topological polar surface area (TPSA) is 41.6 Å². The largest absolute Gasteiger partial charge is 0.481 e. The summed E-state index contributed by atoms with van der Waals surface area (Å²) in [6.45, 7) is 4.59. The first kappa shape index (κ1) is 19.2. The molecule has 1 aliphatic heterocycles. The Labute approximate surface area is 160 Å². The van der Waals surface area contributed by atoms with Crippen LogP contribution < -0.4 is 15.0 Å². The highest BCUT2D eigenvalue weighted by Crippen LogP contribution is 2.20. The fourth-order valence-corrected chi connectivity index (χ4v) is 3.28. The number of hydrogen-bond donors (Lipinski definition) is 1. The number of nitrogens with one attached hydrogen (secondary N) is 1. The molecule has 0 aliphatic carbocycles. The minimum Gasteiger partial charge on any atom is -0.481 e. The standard InChI is InChI=1S/C22H27FN2O2/c1-2-21(27-20-12-8-18(23)9-13-20)22(26)24-16-17-6-10-19(11-7-17)25-14-4-3-5-15-25/h6-13,21H,2-5,14-16H2,1H3,(H,24,26)/t21-/m1/s1. The molecule has 4 nitrogen and oxygen atoms in total. The van der Waals surface area contributed by atoms with Crippen molar-refractivity contribution in [3.8, 4) is 5.75 Å². The van der Waals surface area contributed by atoms with Crippen LogP contribution in [0, 0.1) is 5.82 Å². The Kier molecular flexibility index (Phi) is 6.69. The van der Waals surface area contributed by atoms with Gasteiger partial charge in [-0.3, -0.25) is 4.79 Å². The minimum absolute atomic E-state index is 0.165. The van der Waals surface area contributed by atoms with Gasteiger partial charge in [0.25, 0.3) is 5.91 Å². The Balaban J connectivity index is 1.51. The van der Waals surface area contributed by atoms with Crippen LogP contribution in [0.4, 0.5) is 10.1 Å². The maximum Gasteiger partial charge on any atom is 0.261 e. The molecule has 0 aromatic heterocycles. The third kappa shape index (κ3) is 5.46. The fourth-order valence-electron chi connectivity index (χ4n) is 3.28. The number of nitrogens with zero attached hydrogens (tertiary/aromatic N) is 1. The summed E-state index contributed by atoms with van der Waals surface area (Å²) in [5, 5.41) is 2.93. The first-order valence-corrected chi connectivity index (χ1v) is 9.69. The molecule has 0 saturated carbocycles. The summed E-state index contributed by atoms with van der Waals surface area (Å²) in [7, 11) is 0. The van der Waals surface area contributed by atoms with E-state index in [-0.39, 0.29) is 11.7 Å². The fraction of sp³-hybridized carbons (Fsp3) is 0.409. The van der Waals surface area contributed by atoms with Crippen molar-refractivity contribution in [3.05, 3.63) is 59.9 Å². The Bertz CT molecular complexity index is 725. The van der Waals surface area contributed by atoms with E-state index >= 15 is 0 Å². The van der Waals surface area contributed by atoms with Crippen molar-refractivity contribution in [2.75, 3.05) is 18.0 Å². The van der Waals surface area contributed by atoms with E-state index in [2.05, 4.69) is 34.5 Å². The van der Waals surface area contributed by atoms with Crippen LogP contribution in [0.5, 0.6) is 5.75 Å². The molecule has 1 amide bonds. The van der Waals surface area contributed by atoms with Gasteiger partial charge >= 0.3 is 0 Å². The Hall–Kier alpha value is -2.56. The van der Waals surface area contributed by atoms with Crippen LogP contribution in [0.15, 0.2) is 48.5 Å². The summed E-state index contributed by atoms with van der Waals surface area (Å²) < 4.78 is 18.7. The van der Waals surface area contributed by atoms with Crippen LogP contribution in [0.25, 0.3) is 0 Å². The quantitative estimate of drug-likeness (QED) is 0.790. The molecule has 1 saturated heterocycles. The summed E-state index contributed by atoms with van der Waals surface area (Å²) in [6.07, 6.45) is 3.77. The van der Waals surface area contributed by atoms with E-state index in [0.29, 0.717) is 18.7 Å². The second kappa shape index (κ2) is 9.40. The second-order valence-corrected chi connectivity index (χ2v) is 6.90. The van der Waals surface area contributed by atoms with E-state index in [1.54, 1.807) is 0 Å². The zero-order valence-corrected chi connectivity index (χ0v) is 15.8. The highest BCUT2D eigenvalue weighted by Gasteiger charge is 2.18. The van der Waals surface area contributed by atoms with E-state index in [9.17, 15) is 9.18 Å². The molecule has 0 bridgehead atoms. The number of carbonyl (C=O) groups excluding carboxylic acids is 1. The van der Waals surface area contributed by atoms with Gasteiger partial charge in [0.2, 0.25) is 0 Å². The molecule has 1 heterocycles. The third-order valence-corrected chi connectivity index (χ3v) is 4.88. The van der Waals surface area contributed by atoms with Gasteiger partial charge in [0, 0.05) is 25.3 Å². The van der Waals surface area contributed by atoms with Crippen molar-refractivity contribution in [1.29, 1.82) is 0 Å². The number of benzene rings is 2. The molecule has 5 heteroatoms. The van der Waals surface area contributed by atoms with Crippen molar-refractivity contribution in [2.45, 2.75) is 45.3 Å². The van der Waals surface area contributed by atoms with E-state index in [1.807, 2.05) is 6.92 Å². The molecular formula is C22H27FN2O2. The summed E-state index contributed by atoms with van der Waals surface area (Å²) >= 11 is 0. The molecule has 3 rings (SSSR count). The van der Waals surface area contributed by atoms with Gasteiger partial charge < -0.3 is 15.0 Å². The van der Waals surface area contributed by atoms with Crippen molar-refractivity contribution in [2.24, 2.45) is 0 Å². The molecule has 1 aliphatic rings. The molecule has 1 N–H and O–H groups in total. The normalized spacial score (nSPS) is 15.3. The number of halogens is 1. The number of anilines is 1. The lowest BCUT2D eigenvalue weighted by molar-refractivity contribution is -0.128. The number of hydrogen-bond acceptors (Lipinski definition) is 3. The smallest absolute Gasteiger partial charge is 0.261 e. The molecule has 1 fully saturated rings. The van der Waals surface area contributed by atoms with Crippen LogP contribution >= 0.6 is 0 Å². The van der Waals surface area contributed by atoms with Gasteiger partial charge in [0.15, 0.2) is 6.10 Å². The van der Waals surface area contributed by atoms with Gasteiger partial charge in [0.05, 0.1) is 0 Å². The van der Waals surface area contributed by atoms with Crippen molar-refractivity contribution in [3.63, 3.8) is 0 Å². The first-order chi connectivity index (χ1) is 13.2. The number of piperidine rings is 1. The first-order valence-electron chi connectivity index (χ1n) is 9.69. The number of carbonyl (C=O) groups is 1. The van der Waals surface area contributed by atoms with Crippen LogP contribution in [0.1, 0.15) is 38.2 Å². The highest BCUT2D eigenvalue weighted by atomic mass is 19.1. The number of amides is 1. The van der Waals surface area contributed by atoms with Crippen molar-refractivity contribution < 1.29 is 13.9 Å². The molecule has 144 valence electrons. The minimum atomic E-state index is -0.594. The SMILES string of the molecule is CC[C@@H](Oc1ccc(F)cc1)C(=O)NCc1ccc(N2CCCCC2)cc1. The van der Waals surface area contributed by atoms with Crippen LogP contribution in [-0.4, -0.2) is 25.1 Å². The molecule has 0 radical (unpaired) electrons. The van der Waals surface area contributed by atoms with Gasteiger partial charge in [-0.25, -0.2) is 4.39 Å². The molecule has 2 aromatic carbocycles. The maximum absolute atomic E-state index is 13.0. The van der Waals surface area contributed by atoms with Crippen molar-refractivity contribution >= 4 is 11.6 Å². The molecule has 2 aromatic rings. The van der Waals surface area contributed by atoms with E-state index < -0.39 is 6.10 Å². The summed E-state index contributed by atoms with van der Waals surface area (Å²) in [5.41, 5.74) is 2.30. The lowest BCUT2D eigenvalue weighted by atomic mass is 10.1. The lowest BCUT2D eigenvalue weighted by Gasteiger charge is -2.28. The van der Waals surface area contributed by atoms with Gasteiger partial charge in [-0.1, -0.05) is 19.1 Å². The van der Waals surface area contributed by atoms with Crippen LogP contribution in [0.2, 0.25) is 0 Å². The molecule has 27 heavy (non-hydrogen) atoms. The highest BCUT2D eigenvalue weighted by molar-refractivity contribution is 5.81. The number of rotatable bonds is 7. The molecule has 1 atom stereocenters. The zero-order valence-electron chi connectivity index (χ0n) is 15.8. The summed E-state index contributed by atoms with van der Waals surface area (Å²) in [4.78, 5) is 14.8. The summed E-state index contributed by atoms with van der Waals surface area (Å²) in [6, 6.07) is 14.1. The lowest BCUT2D eigenvalue weighted by Crippen LogP contribution is -2.37. The van der Waals surface area contributed by atoms with Gasteiger partial charge in [-0.15, -0.1) is 0 Å². The average Bonchev–Trinajstić information content (AvgIpc) is 2.72. The third-order valence-electron chi connectivity index (χ3n) is 4.88. The molecule has 0 unspecified atom stereocenters. The predicted molar refractivity (Wildman–Crippen MR) is 105 cm³/mol. The maximum atomic E-state index is 13.0. The average molecular weight is 370 g/mol. The Morgan fingerprint density at radius 3 is 2.37 bits per heavy atom. The van der Waals surface area contributed by atoms with Gasteiger partial charge in [-0.05, 0) is 67.6 Å². The van der Waals surface area contributed by atoms with Gasteiger partial charge in [0.1, 0.15) is 11.6 Å². The van der Waals surface area contributed by atoms with Crippen LogP contribution in [0.3, 0.4) is 0 Å². The zero-order chi connectivity index (χ0) is 19.1. The molecular weight excluding hydrogens is 343 g/mol.